The number of likely N-dealkylation sites (tertiary alicyclic amines) is 1. The Morgan fingerprint density at radius 3 is 3.00 bits per heavy atom. The molecule has 4 nitrogen and oxygen atoms in total. The van der Waals surface area contributed by atoms with Gasteiger partial charge in [-0.15, -0.1) is 0 Å². The molecule has 0 spiro atoms. The molecule has 0 aromatic rings. The minimum absolute atomic E-state index is 0.0816. The molecule has 1 rings (SSSR count). The van der Waals surface area contributed by atoms with Gasteiger partial charge in [-0.3, -0.25) is 4.79 Å². The molecule has 1 unspecified atom stereocenters. The number of hydrogen-bond donors (Lipinski definition) is 0. The molecule has 0 aromatic heterocycles. The van der Waals surface area contributed by atoms with Crippen molar-refractivity contribution in [3.8, 4) is 0 Å². The second-order valence-electron chi connectivity index (χ2n) is 3.76. The average molecular weight is 201 g/mol. The van der Waals surface area contributed by atoms with Crippen molar-refractivity contribution >= 4 is 5.97 Å². The summed E-state index contributed by atoms with van der Waals surface area (Å²) >= 11 is 0. The van der Waals surface area contributed by atoms with E-state index in [0.717, 1.165) is 25.9 Å². The highest BCUT2D eigenvalue weighted by atomic mass is 16.5. The van der Waals surface area contributed by atoms with Gasteiger partial charge >= 0.3 is 5.97 Å². The highest BCUT2D eigenvalue weighted by molar-refractivity contribution is 5.69. The summed E-state index contributed by atoms with van der Waals surface area (Å²) < 4.78 is 10.1. The van der Waals surface area contributed by atoms with E-state index in [1.807, 2.05) is 0 Å². The fourth-order valence-corrected chi connectivity index (χ4v) is 1.65. The molecule has 1 atom stereocenters. The van der Waals surface area contributed by atoms with Crippen molar-refractivity contribution in [1.82, 2.24) is 4.90 Å². The highest BCUT2D eigenvalue weighted by Gasteiger charge is 2.20. The first-order valence-electron chi connectivity index (χ1n) is 5.09. The molecular weight excluding hydrogens is 182 g/mol. The number of likely N-dealkylation sites (N-methyl/N-ethyl adjacent to an activating group) is 1. The lowest BCUT2D eigenvalue weighted by Crippen LogP contribution is -2.38. The first-order chi connectivity index (χ1) is 6.72. The molecule has 0 aromatic carbocycles. The summed E-state index contributed by atoms with van der Waals surface area (Å²) in [6.45, 7) is 2.41. The highest BCUT2D eigenvalue weighted by Crippen LogP contribution is 2.12. The molecular formula is C10H19NO3. The molecule has 1 saturated heterocycles. The van der Waals surface area contributed by atoms with Gasteiger partial charge in [-0.2, -0.15) is 0 Å². The topological polar surface area (TPSA) is 38.8 Å². The Kier molecular flexibility index (Phi) is 4.90. The third-order valence-corrected chi connectivity index (χ3v) is 2.39. The Bertz CT molecular complexity index is 184. The van der Waals surface area contributed by atoms with Crippen LogP contribution in [0.3, 0.4) is 0 Å². The zero-order valence-electron chi connectivity index (χ0n) is 8.99. The lowest BCUT2D eigenvalue weighted by Gasteiger charge is -2.29. The minimum atomic E-state index is -0.146. The predicted octanol–water partition coefficient (Wildman–Crippen LogP) is 0.660. The van der Waals surface area contributed by atoms with Crippen molar-refractivity contribution in [2.24, 2.45) is 0 Å². The number of rotatable bonds is 4. The van der Waals surface area contributed by atoms with Gasteiger partial charge in [0.25, 0.3) is 0 Å². The standard InChI is InChI=1S/C10H19NO3/c1-11-6-3-4-9(8-11)14-10(12)5-7-13-2/h9H,3-8H2,1-2H3. The van der Waals surface area contributed by atoms with Crippen LogP contribution >= 0.6 is 0 Å². The van der Waals surface area contributed by atoms with Gasteiger partial charge < -0.3 is 14.4 Å². The van der Waals surface area contributed by atoms with Crippen LogP contribution in [0.2, 0.25) is 0 Å². The van der Waals surface area contributed by atoms with Gasteiger partial charge in [0.05, 0.1) is 13.0 Å². The first kappa shape index (κ1) is 11.5. The molecule has 1 aliphatic rings. The molecule has 4 heteroatoms. The van der Waals surface area contributed by atoms with Crippen LogP contribution in [0.5, 0.6) is 0 Å². The van der Waals surface area contributed by atoms with Crippen molar-refractivity contribution in [3.63, 3.8) is 0 Å². The molecule has 1 heterocycles. The SMILES string of the molecule is COCCC(=O)OC1CCCN(C)C1. The summed E-state index contributed by atoms with van der Waals surface area (Å²) in [4.78, 5) is 13.4. The van der Waals surface area contributed by atoms with Crippen molar-refractivity contribution in [2.45, 2.75) is 25.4 Å². The summed E-state index contributed by atoms with van der Waals surface area (Å²) in [7, 11) is 3.64. The summed E-state index contributed by atoms with van der Waals surface area (Å²) in [5.41, 5.74) is 0. The van der Waals surface area contributed by atoms with Crippen LogP contribution in [0.1, 0.15) is 19.3 Å². The molecule has 14 heavy (non-hydrogen) atoms. The lowest BCUT2D eigenvalue weighted by molar-refractivity contribution is -0.152. The number of esters is 1. The van der Waals surface area contributed by atoms with Gasteiger partial charge in [0.15, 0.2) is 0 Å². The van der Waals surface area contributed by atoms with Gasteiger partial charge in [0.2, 0.25) is 0 Å². The van der Waals surface area contributed by atoms with Gasteiger partial charge in [0, 0.05) is 13.7 Å². The number of piperidine rings is 1. The van der Waals surface area contributed by atoms with E-state index in [0.29, 0.717) is 13.0 Å². The Morgan fingerprint density at radius 2 is 2.36 bits per heavy atom. The van der Waals surface area contributed by atoms with E-state index in [2.05, 4.69) is 11.9 Å². The Morgan fingerprint density at radius 1 is 1.57 bits per heavy atom. The quantitative estimate of drug-likeness (QED) is 0.626. The van der Waals surface area contributed by atoms with Gasteiger partial charge in [0.1, 0.15) is 6.10 Å². The van der Waals surface area contributed by atoms with E-state index >= 15 is 0 Å². The summed E-state index contributed by atoms with van der Waals surface area (Å²) in [6.07, 6.45) is 2.54. The predicted molar refractivity (Wildman–Crippen MR) is 53.1 cm³/mol. The second-order valence-corrected chi connectivity index (χ2v) is 3.76. The van der Waals surface area contributed by atoms with Crippen molar-refractivity contribution in [2.75, 3.05) is 33.9 Å². The van der Waals surface area contributed by atoms with Crippen LogP contribution in [0, 0.1) is 0 Å². The van der Waals surface area contributed by atoms with Crippen molar-refractivity contribution in [1.29, 1.82) is 0 Å². The number of ether oxygens (including phenoxy) is 2. The summed E-state index contributed by atoms with van der Waals surface area (Å²) in [5, 5.41) is 0. The lowest BCUT2D eigenvalue weighted by atomic mass is 10.1. The fourth-order valence-electron chi connectivity index (χ4n) is 1.65. The van der Waals surface area contributed by atoms with Crippen LogP contribution in [0.15, 0.2) is 0 Å². The minimum Gasteiger partial charge on any atom is -0.461 e. The van der Waals surface area contributed by atoms with E-state index in [4.69, 9.17) is 9.47 Å². The van der Waals surface area contributed by atoms with Crippen LogP contribution in [-0.2, 0) is 14.3 Å². The van der Waals surface area contributed by atoms with E-state index in [9.17, 15) is 4.79 Å². The number of carbonyl (C=O) groups excluding carboxylic acids is 1. The molecule has 0 N–H and O–H groups in total. The molecule has 0 aliphatic carbocycles. The third kappa shape index (κ3) is 4.07. The first-order valence-corrected chi connectivity index (χ1v) is 5.09. The zero-order valence-corrected chi connectivity index (χ0v) is 8.99. The van der Waals surface area contributed by atoms with Crippen LogP contribution in [0.25, 0.3) is 0 Å². The number of nitrogens with zero attached hydrogens (tertiary/aromatic N) is 1. The fraction of sp³-hybridized carbons (Fsp3) is 0.900. The van der Waals surface area contributed by atoms with E-state index in [1.54, 1.807) is 7.11 Å². The van der Waals surface area contributed by atoms with Crippen LogP contribution in [-0.4, -0.2) is 50.8 Å². The maximum atomic E-state index is 11.3. The molecule has 1 aliphatic heterocycles. The smallest absolute Gasteiger partial charge is 0.308 e. The maximum absolute atomic E-state index is 11.3. The summed E-state index contributed by atoms with van der Waals surface area (Å²) in [6, 6.07) is 0. The Hall–Kier alpha value is -0.610. The van der Waals surface area contributed by atoms with E-state index in [-0.39, 0.29) is 12.1 Å². The normalized spacial score (nSPS) is 23.4. The Labute approximate surface area is 85.2 Å². The number of hydrogen-bond acceptors (Lipinski definition) is 4. The number of carbonyl (C=O) groups is 1. The summed E-state index contributed by atoms with van der Waals surface area (Å²) in [5.74, 6) is -0.146. The largest absolute Gasteiger partial charge is 0.461 e. The molecule has 0 radical (unpaired) electrons. The Balaban J connectivity index is 2.18. The average Bonchev–Trinajstić information content (AvgIpc) is 2.15. The van der Waals surface area contributed by atoms with Gasteiger partial charge in [-0.1, -0.05) is 0 Å². The maximum Gasteiger partial charge on any atom is 0.308 e. The van der Waals surface area contributed by atoms with Gasteiger partial charge in [-0.05, 0) is 26.4 Å². The monoisotopic (exact) mass is 201 g/mol. The number of methoxy groups -OCH3 is 1. The van der Waals surface area contributed by atoms with Crippen LogP contribution < -0.4 is 0 Å². The molecule has 1 fully saturated rings. The van der Waals surface area contributed by atoms with Crippen LogP contribution in [0.4, 0.5) is 0 Å². The molecule has 0 saturated carbocycles. The van der Waals surface area contributed by atoms with Crippen molar-refractivity contribution < 1.29 is 14.3 Å². The van der Waals surface area contributed by atoms with Crippen molar-refractivity contribution in [3.05, 3.63) is 0 Å². The third-order valence-electron chi connectivity index (χ3n) is 2.39. The molecule has 82 valence electrons. The molecule has 0 bridgehead atoms. The van der Waals surface area contributed by atoms with E-state index in [1.165, 1.54) is 0 Å². The second kappa shape index (κ2) is 5.98. The van der Waals surface area contributed by atoms with E-state index < -0.39 is 0 Å². The van der Waals surface area contributed by atoms with Gasteiger partial charge in [-0.25, -0.2) is 0 Å². The zero-order chi connectivity index (χ0) is 10.4. The molecule has 0 amide bonds.